The number of hydrogen-bond donors (Lipinski definition) is 0. The summed E-state index contributed by atoms with van der Waals surface area (Å²) >= 11 is 7.45. The molecule has 1 aromatic carbocycles. The first kappa shape index (κ1) is 30.8. The molecule has 5 heterocycles. The van der Waals surface area contributed by atoms with Crippen LogP contribution in [0, 0.1) is 6.92 Å². The highest BCUT2D eigenvalue weighted by Gasteiger charge is 2.61. The highest BCUT2D eigenvalue weighted by atomic mass is 35.5. The second-order valence-corrected chi connectivity index (χ2v) is 14.7. The molecule has 234 valence electrons. The van der Waals surface area contributed by atoms with Crippen molar-refractivity contribution in [3.05, 3.63) is 69.7 Å². The van der Waals surface area contributed by atoms with Crippen LogP contribution in [0.5, 0.6) is 5.88 Å². The number of nitrogens with zero attached hydrogens (tertiary/aromatic N) is 5. The van der Waals surface area contributed by atoms with E-state index < -0.39 is 27.6 Å². The molecule has 0 bridgehead atoms. The smallest absolute Gasteiger partial charge is 0.411 e. The molecule has 1 atom stereocenters. The number of anilines is 1. The van der Waals surface area contributed by atoms with E-state index in [1.54, 1.807) is 29.3 Å². The summed E-state index contributed by atoms with van der Waals surface area (Å²) in [7, 11) is -0.888. The first-order chi connectivity index (χ1) is 21.1. The molecule has 6 rings (SSSR count). The van der Waals surface area contributed by atoms with Gasteiger partial charge in [0.15, 0.2) is 0 Å². The molecule has 2 aromatic heterocycles. The molecule has 0 radical (unpaired) electrons. The van der Waals surface area contributed by atoms with Gasteiger partial charge in [-0.15, -0.1) is 11.3 Å². The van der Waals surface area contributed by atoms with Crippen LogP contribution in [-0.2, 0) is 25.2 Å². The number of piperidine rings is 1. The summed E-state index contributed by atoms with van der Waals surface area (Å²) in [5.74, 6) is -0.969. The molecule has 0 aliphatic carbocycles. The minimum absolute atomic E-state index is 0.0119. The molecular formula is C30H34ClN5O6S2. The SMILES string of the molecule is COc1ncccc1C1(OC(=O)N2CCN(C3CCN(C)CC3)CC2)C(=O)N(S(=O)(=O)c2cc(C)cs2)c2ccc(Cl)cc21. The van der Waals surface area contributed by atoms with Crippen molar-refractivity contribution in [2.45, 2.75) is 35.6 Å². The predicted octanol–water partition coefficient (Wildman–Crippen LogP) is 3.94. The Morgan fingerprint density at radius 3 is 2.45 bits per heavy atom. The van der Waals surface area contributed by atoms with Crippen LogP contribution in [0.2, 0.25) is 5.02 Å². The van der Waals surface area contributed by atoms with Gasteiger partial charge in [0.2, 0.25) is 5.88 Å². The minimum atomic E-state index is -4.39. The Bertz CT molecular complexity index is 1680. The summed E-state index contributed by atoms with van der Waals surface area (Å²) in [6.07, 6.45) is 2.88. The molecule has 3 aliphatic rings. The lowest BCUT2D eigenvalue weighted by Gasteiger charge is -2.42. The highest BCUT2D eigenvalue weighted by Crippen LogP contribution is 2.52. The number of piperazine rings is 1. The van der Waals surface area contributed by atoms with Crippen LogP contribution in [0.3, 0.4) is 0 Å². The van der Waals surface area contributed by atoms with Crippen molar-refractivity contribution < 1.29 is 27.5 Å². The number of fused-ring (bicyclic) bond motifs is 1. The first-order valence-electron chi connectivity index (χ1n) is 14.4. The number of hydrogen-bond acceptors (Lipinski definition) is 10. The molecule has 0 spiro atoms. The summed E-state index contributed by atoms with van der Waals surface area (Å²) in [6.45, 7) is 5.99. The molecule has 0 saturated carbocycles. The van der Waals surface area contributed by atoms with E-state index in [0.29, 0.717) is 36.5 Å². The maximum atomic E-state index is 14.7. The van der Waals surface area contributed by atoms with E-state index in [9.17, 15) is 18.0 Å². The first-order valence-corrected chi connectivity index (χ1v) is 17.1. The number of methoxy groups -OCH3 is 1. The van der Waals surface area contributed by atoms with Gasteiger partial charge >= 0.3 is 6.09 Å². The van der Waals surface area contributed by atoms with Crippen molar-refractivity contribution in [1.82, 2.24) is 19.7 Å². The number of sulfonamides is 1. The van der Waals surface area contributed by atoms with Gasteiger partial charge in [-0.05, 0) is 87.2 Å². The molecule has 3 aliphatic heterocycles. The van der Waals surface area contributed by atoms with E-state index in [2.05, 4.69) is 21.8 Å². The van der Waals surface area contributed by atoms with Gasteiger partial charge in [-0.1, -0.05) is 11.6 Å². The average molecular weight is 660 g/mol. The van der Waals surface area contributed by atoms with Crippen molar-refractivity contribution in [2.24, 2.45) is 0 Å². The lowest BCUT2D eigenvalue weighted by molar-refractivity contribution is -0.132. The second kappa shape index (κ2) is 11.9. The quantitative estimate of drug-likeness (QED) is 0.388. The third kappa shape index (κ3) is 5.24. The molecule has 3 aromatic rings. The van der Waals surface area contributed by atoms with Gasteiger partial charge in [0.1, 0.15) is 4.21 Å². The Kier molecular flexibility index (Phi) is 8.35. The Morgan fingerprint density at radius 1 is 1.07 bits per heavy atom. The van der Waals surface area contributed by atoms with Gasteiger partial charge in [-0.2, -0.15) is 12.7 Å². The zero-order chi connectivity index (χ0) is 31.2. The number of ether oxygens (including phenoxy) is 2. The number of halogens is 1. The number of thiophene rings is 1. The molecule has 44 heavy (non-hydrogen) atoms. The minimum Gasteiger partial charge on any atom is -0.481 e. The van der Waals surface area contributed by atoms with E-state index in [0.717, 1.165) is 42.8 Å². The summed E-state index contributed by atoms with van der Waals surface area (Å²) in [5.41, 5.74) is -1.26. The van der Waals surface area contributed by atoms with Crippen LogP contribution in [-0.4, -0.2) is 99.6 Å². The van der Waals surface area contributed by atoms with Crippen molar-refractivity contribution in [3.8, 4) is 5.88 Å². The molecular weight excluding hydrogens is 626 g/mol. The van der Waals surface area contributed by atoms with Gasteiger partial charge in [0.25, 0.3) is 21.5 Å². The summed E-state index contributed by atoms with van der Waals surface area (Å²) in [6, 6.07) is 9.49. The Morgan fingerprint density at radius 2 is 1.80 bits per heavy atom. The molecule has 2 saturated heterocycles. The number of amides is 2. The number of carbonyl (C=O) groups excluding carboxylic acids is 2. The van der Waals surface area contributed by atoms with Crippen LogP contribution < -0.4 is 9.04 Å². The standard InChI is InChI=1S/C30H34ClN5O6S2/c1-20-17-26(43-19-20)44(39,40)36-25-7-6-21(31)18-24(25)30(28(36)37,23-5-4-10-32-27(23)41-3)42-29(38)35-15-13-34(14-16-35)22-8-11-33(2)12-9-22/h4-7,10,17-19,22H,8-9,11-16H2,1-3H3. The molecule has 0 N–H and O–H groups in total. The number of carbonyl (C=O) groups is 2. The monoisotopic (exact) mass is 659 g/mol. The van der Waals surface area contributed by atoms with Crippen LogP contribution in [0.15, 0.2) is 52.2 Å². The molecule has 11 nitrogen and oxygen atoms in total. The molecule has 14 heteroatoms. The zero-order valence-corrected chi connectivity index (χ0v) is 27.1. The third-order valence-corrected chi connectivity index (χ3v) is 12.1. The second-order valence-electron chi connectivity index (χ2n) is 11.3. The third-order valence-electron chi connectivity index (χ3n) is 8.60. The van der Waals surface area contributed by atoms with E-state index in [1.807, 2.05) is 0 Å². The largest absolute Gasteiger partial charge is 0.481 e. The van der Waals surface area contributed by atoms with Gasteiger partial charge in [0.05, 0.1) is 18.4 Å². The summed E-state index contributed by atoms with van der Waals surface area (Å²) in [5, 5.41) is 1.93. The zero-order valence-electron chi connectivity index (χ0n) is 24.7. The fraction of sp³-hybridized carbons (Fsp3) is 0.433. The Balaban J connectivity index is 1.39. The number of aromatic nitrogens is 1. The van der Waals surface area contributed by atoms with Gasteiger partial charge in [-0.25, -0.2) is 9.78 Å². The Hall–Kier alpha value is -3.23. The topological polar surface area (TPSA) is 113 Å². The number of aryl methyl sites for hydroxylation is 1. The fourth-order valence-electron chi connectivity index (χ4n) is 6.26. The molecule has 2 fully saturated rings. The fourth-order valence-corrected chi connectivity index (χ4v) is 9.19. The maximum Gasteiger partial charge on any atom is 0.411 e. The lowest BCUT2D eigenvalue weighted by Crippen LogP contribution is -2.55. The van der Waals surface area contributed by atoms with Gasteiger partial charge in [0, 0.05) is 49.0 Å². The highest BCUT2D eigenvalue weighted by molar-refractivity contribution is 7.95. The van der Waals surface area contributed by atoms with Crippen molar-refractivity contribution >= 4 is 50.6 Å². The van der Waals surface area contributed by atoms with E-state index in [-0.39, 0.29) is 31.9 Å². The Labute approximate surface area is 266 Å². The maximum absolute atomic E-state index is 14.7. The molecule has 1 unspecified atom stereocenters. The van der Waals surface area contributed by atoms with Crippen molar-refractivity contribution in [1.29, 1.82) is 0 Å². The summed E-state index contributed by atoms with van der Waals surface area (Å²) < 4.78 is 40.6. The normalized spacial score (nSPS) is 21.9. The number of benzene rings is 1. The van der Waals surface area contributed by atoms with E-state index in [1.165, 1.54) is 37.6 Å². The lowest BCUT2D eigenvalue weighted by atomic mass is 9.87. The van der Waals surface area contributed by atoms with Crippen LogP contribution in [0.1, 0.15) is 29.5 Å². The number of pyridine rings is 1. The van der Waals surface area contributed by atoms with Gasteiger partial charge in [-0.3, -0.25) is 9.69 Å². The van der Waals surface area contributed by atoms with Gasteiger partial charge < -0.3 is 19.3 Å². The number of likely N-dealkylation sites (tertiary alicyclic amines) is 1. The van der Waals surface area contributed by atoms with Crippen LogP contribution in [0.4, 0.5) is 10.5 Å². The van der Waals surface area contributed by atoms with Crippen LogP contribution in [0.25, 0.3) is 0 Å². The van der Waals surface area contributed by atoms with E-state index in [4.69, 9.17) is 21.1 Å². The number of rotatable bonds is 6. The molecule has 2 amide bonds. The predicted molar refractivity (Wildman–Crippen MR) is 167 cm³/mol. The van der Waals surface area contributed by atoms with Crippen LogP contribution >= 0.6 is 22.9 Å². The average Bonchev–Trinajstić information content (AvgIpc) is 3.57. The van der Waals surface area contributed by atoms with Crippen molar-refractivity contribution in [3.63, 3.8) is 0 Å². The van der Waals surface area contributed by atoms with E-state index >= 15 is 0 Å². The van der Waals surface area contributed by atoms with Crippen molar-refractivity contribution in [2.75, 3.05) is 57.7 Å². The summed E-state index contributed by atoms with van der Waals surface area (Å²) in [4.78, 5) is 39.3.